The Kier molecular flexibility index (Phi) is 7.30. The van der Waals surface area contributed by atoms with E-state index in [4.69, 9.17) is 4.74 Å². The van der Waals surface area contributed by atoms with Gasteiger partial charge in [-0.15, -0.1) is 0 Å². The zero-order valence-corrected chi connectivity index (χ0v) is 18.3. The molecule has 1 aliphatic carbocycles. The number of carbonyl (C=O) groups is 3. The summed E-state index contributed by atoms with van der Waals surface area (Å²) in [4.78, 5) is 38.1. The molecule has 2 N–H and O–H groups in total. The van der Waals surface area contributed by atoms with Crippen molar-refractivity contribution in [2.45, 2.75) is 32.2 Å². The van der Waals surface area contributed by atoms with Crippen LogP contribution >= 0.6 is 0 Å². The fourth-order valence-corrected chi connectivity index (χ4v) is 4.05. The summed E-state index contributed by atoms with van der Waals surface area (Å²) in [7, 11) is 0. The molecule has 0 saturated carbocycles. The molecule has 168 valence electrons. The number of carbonyl (C=O) groups excluding carboxylic acids is 2. The molecule has 3 rings (SSSR count). The van der Waals surface area contributed by atoms with Gasteiger partial charge in [-0.1, -0.05) is 60.7 Å². The zero-order valence-electron chi connectivity index (χ0n) is 18.3. The topological polar surface area (TPSA) is 95.9 Å². The van der Waals surface area contributed by atoms with Crippen molar-refractivity contribution in [3.8, 4) is 11.1 Å². The number of benzene rings is 2. The number of nitrogens with one attached hydrogen (secondary N) is 1. The molecule has 0 aliphatic heterocycles. The van der Waals surface area contributed by atoms with Crippen molar-refractivity contribution in [1.29, 1.82) is 0 Å². The Morgan fingerprint density at radius 2 is 1.66 bits per heavy atom. The van der Waals surface area contributed by atoms with Gasteiger partial charge in [-0.3, -0.25) is 9.59 Å². The normalized spacial score (nSPS) is 12.9. The number of alkyl carbamates (subject to hydrolysis) is 1. The summed E-state index contributed by atoms with van der Waals surface area (Å²) in [5.74, 6) is -1.79. The highest BCUT2D eigenvalue weighted by molar-refractivity contribution is 5.89. The Balaban J connectivity index is 1.70. The largest absolute Gasteiger partial charge is 0.481 e. The van der Waals surface area contributed by atoms with Gasteiger partial charge in [0, 0.05) is 19.0 Å². The van der Waals surface area contributed by atoms with Crippen LogP contribution in [0.25, 0.3) is 11.1 Å². The van der Waals surface area contributed by atoms with Crippen LogP contribution in [0.15, 0.2) is 60.7 Å². The van der Waals surface area contributed by atoms with Crippen LogP contribution in [0.1, 0.15) is 37.3 Å². The van der Waals surface area contributed by atoms with Crippen LogP contribution in [-0.2, 0) is 14.3 Å². The molecule has 1 aliphatic rings. The highest BCUT2D eigenvalue weighted by Gasteiger charge is 2.31. The van der Waals surface area contributed by atoms with Gasteiger partial charge < -0.3 is 20.1 Å². The molecular weight excluding hydrogens is 408 g/mol. The van der Waals surface area contributed by atoms with Crippen molar-refractivity contribution in [3.63, 3.8) is 0 Å². The van der Waals surface area contributed by atoms with Gasteiger partial charge in [-0.25, -0.2) is 4.79 Å². The molecule has 7 nitrogen and oxygen atoms in total. The first-order chi connectivity index (χ1) is 15.3. The van der Waals surface area contributed by atoms with E-state index in [-0.39, 0.29) is 19.1 Å². The predicted molar refractivity (Wildman–Crippen MR) is 121 cm³/mol. The molecule has 0 spiro atoms. The summed E-state index contributed by atoms with van der Waals surface area (Å²) in [5.41, 5.74) is 5.11. The summed E-state index contributed by atoms with van der Waals surface area (Å²) < 4.78 is 5.47. The third kappa shape index (κ3) is 5.17. The molecular formula is C25H28N2O5. The molecule has 0 aromatic heterocycles. The van der Waals surface area contributed by atoms with E-state index >= 15 is 0 Å². The number of aliphatic carboxylic acids is 1. The Hall–Kier alpha value is -3.61. The van der Waals surface area contributed by atoms with Crippen LogP contribution in [0.3, 0.4) is 0 Å². The number of ether oxygens (including phenoxy) is 1. The number of fused-ring (bicyclic) bond motifs is 3. The van der Waals surface area contributed by atoms with Crippen molar-refractivity contribution in [2.75, 3.05) is 19.7 Å². The van der Waals surface area contributed by atoms with Gasteiger partial charge >= 0.3 is 12.1 Å². The van der Waals surface area contributed by atoms with E-state index in [1.165, 1.54) is 4.90 Å². The second kappa shape index (κ2) is 10.1. The SMILES string of the molecule is C=C(C)CN(CC)C(=O)C(CC(=O)O)NC(=O)OCC1c2ccccc2-c2ccccc21. The third-order valence-corrected chi connectivity index (χ3v) is 5.47. The zero-order chi connectivity index (χ0) is 23.3. The summed E-state index contributed by atoms with van der Waals surface area (Å²) in [6, 6.07) is 14.7. The summed E-state index contributed by atoms with van der Waals surface area (Å²) in [5, 5.41) is 11.7. The molecule has 2 aromatic rings. The van der Waals surface area contributed by atoms with Gasteiger partial charge in [-0.2, -0.15) is 0 Å². The van der Waals surface area contributed by atoms with Crippen molar-refractivity contribution < 1.29 is 24.2 Å². The lowest BCUT2D eigenvalue weighted by molar-refractivity contribution is -0.142. The van der Waals surface area contributed by atoms with E-state index in [0.717, 1.165) is 27.8 Å². The highest BCUT2D eigenvalue weighted by atomic mass is 16.5. The van der Waals surface area contributed by atoms with Gasteiger partial charge in [0.05, 0.1) is 6.42 Å². The average molecular weight is 437 g/mol. The van der Waals surface area contributed by atoms with Gasteiger partial charge in [0.2, 0.25) is 5.91 Å². The van der Waals surface area contributed by atoms with Gasteiger partial charge in [0.15, 0.2) is 0 Å². The lowest BCUT2D eigenvalue weighted by atomic mass is 9.98. The molecule has 2 aromatic carbocycles. The number of carboxylic acid groups (broad SMARTS) is 1. The minimum atomic E-state index is -1.22. The number of nitrogens with zero attached hydrogens (tertiary/aromatic N) is 1. The smallest absolute Gasteiger partial charge is 0.407 e. The molecule has 0 radical (unpaired) electrons. The molecule has 1 unspecified atom stereocenters. The number of hydrogen-bond donors (Lipinski definition) is 2. The van der Waals surface area contributed by atoms with E-state index < -0.39 is 30.4 Å². The molecule has 0 heterocycles. The van der Waals surface area contributed by atoms with E-state index in [1.807, 2.05) is 48.5 Å². The van der Waals surface area contributed by atoms with Gasteiger partial charge in [-0.05, 0) is 36.1 Å². The van der Waals surface area contributed by atoms with E-state index in [0.29, 0.717) is 6.54 Å². The Morgan fingerprint density at radius 3 is 2.16 bits per heavy atom. The Labute approximate surface area is 187 Å². The third-order valence-electron chi connectivity index (χ3n) is 5.47. The van der Waals surface area contributed by atoms with Crippen LogP contribution < -0.4 is 5.32 Å². The fourth-order valence-electron chi connectivity index (χ4n) is 4.05. The van der Waals surface area contributed by atoms with Crippen LogP contribution in [0, 0.1) is 0 Å². The number of carboxylic acids is 1. The molecule has 2 amide bonds. The second-order valence-electron chi connectivity index (χ2n) is 7.93. The molecule has 7 heteroatoms. The first-order valence-corrected chi connectivity index (χ1v) is 10.6. The maximum Gasteiger partial charge on any atom is 0.407 e. The van der Waals surface area contributed by atoms with Gasteiger partial charge in [0.1, 0.15) is 12.6 Å². The maximum atomic E-state index is 12.8. The minimum absolute atomic E-state index is 0.0805. The lowest BCUT2D eigenvalue weighted by Gasteiger charge is -2.26. The van der Waals surface area contributed by atoms with E-state index in [1.54, 1.807) is 13.8 Å². The van der Waals surface area contributed by atoms with Crippen LogP contribution in [0.5, 0.6) is 0 Å². The average Bonchev–Trinajstić information content (AvgIpc) is 3.08. The number of amides is 2. The highest BCUT2D eigenvalue weighted by Crippen LogP contribution is 2.44. The first kappa shape index (κ1) is 23.1. The fraction of sp³-hybridized carbons (Fsp3) is 0.320. The number of rotatable bonds is 9. The number of likely N-dealkylation sites (N-methyl/N-ethyl adjacent to an activating group) is 1. The molecule has 1 atom stereocenters. The number of hydrogen-bond acceptors (Lipinski definition) is 4. The molecule has 0 saturated heterocycles. The first-order valence-electron chi connectivity index (χ1n) is 10.6. The van der Waals surface area contributed by atoms with Crippen molar-refractivity contribution >= 4 is 18.0 Å². The standard InChI is InChI=1S/C25H28N2O5/c1-4-27(14-16(2)3)24(30)22(13-23(28)29)26-25(31)32-15-21-19-11-7-5-9-17(19)18-10-6-8-12-20(18)21/h5-12,21-22H,2,4,13-15H2,1,3H3,(H,26,31)(H,28,29). The lowest BCUT2D eigenvalue weighted by Crippen LogP contribution is -2.50. The second-order valence-corrected chi connectivity index (χ2v) is 7.93. The Morgan fingerprint density at radius 1 is 1.09 bits per heavy atom. The van der Waals surface area contributed by atoms with Gasteiger partial charge in [0.25, 0.3) is 0 Å². The minimum Gasteiger partial charge on any atom is -0.481 e. The summed E-state index contributed by atoms with van der Waals surface area (Å²) >= 11 is 0. The molecule has 0 bridgehead atoms. The quantitative estimate of drug-likeness (QED) is 0.583. The van der Waals surface area contributed by atoms with Crippen molar-refractivity contribution in [1.82, 2.24) is 10.2 Å². The maximum absolute atomic E-state index is 12.8. The van der Waals surface area contributed by atoms with Crippen molar-refractivity contribution in [2.24, 2.45) is 0 Å². The van der Waals surface area contributed by atoms with Crippen molar-refractivity contribution in [3.05, 3.63) is 71.8 Å². The summed E-state index contributed by atoms with van der Waals surface area (Å²) in [6.07, 6.45) is -1.35. The van der Waals surface area contributed by atoms with Crippen LogP contribution in [-0.4, -0.2) is 53.7 Å². The molecule has 0 fully saturated rings. The summed E-state index contributed by atoms with van der Waals surface area (Å²) in [6.45, 7) is 8.10. The van der Waals surface area contributed by atoms with Crippen LogP contribution in [0.4, 0.5) is 4.79 Å². The van der Waals surface area contributed by atoms with E-state index in [9.17, 15) is 19.5 Å². The molecule has 32 heavy (non-hydrogen) atoms. The predicted octanol–water partition coefficient (Wildman–Crippen LogP) is 3.79. The van der Waals surface area contributed by atoms with Crippen LogP contribution in [0.2, 0.25) is 0 Å². The monoisotopic (exact) mass is 436 g/mol. The van der Waals surface area contributed by atoms with E-state index in [2.05, 4.69) is 11.9 Å². The Bertz CT molecular complexity index is 987.